The van der Waals surface area contributed by atoms with Gasteiger partial charge in [0.1, 0.15) is 23.1 Å². The first kappa shape index (κ1) is 42.5. The average Bonchev–Trinajstić information content (AvgIpc) is 3.84. The van der Waals surface area contributed by atoms with Gasteiger partial charge in [-0.05, 0) is 74.5 Å². The number of para-hydroxylation sites is 1. The van der Waals surface area contributed by atoms with Gasteiger partial charge in [0.2, 0.25) is 0 Å². The molecule has 0 aliphatic carbocycles. The Morgan fingerprint density at radius 3 is 1.95 bits per heavy atom. The molecule has 0 spiro atoms. The van der Waals surface area contributed by atoms with E-state index >= 15 is 0 Å². The van der Waals surface area contributed by atoms with E-state index in [1.54, 1.807) is 12.4 Å². The van der Waals surface area contributed by atoms with Gasteiger partial charge in [0.25, 0.3) is 0 Å². The van der Waals surface area contributed by atoms with Crippen LogP contribution in [0.1, 0.15) is 150 Å². The molecule has 0 aliphatic heterocycles. The third kappa shape index (κ3) is 9.10. The van der Waals surface area contributed by atoms with E-state index in [0.29, 0.717) is 52.0 Å². The summed E-state index contributed by atoms with van der Waals surface area (Å²) in [7, 11) is 0. The van der Waals surface area contributed by atoms with Gasteiger partial charge in [0, 0.05) is 69.7 Å². The van der Waals surface area contributed by atoms with Crippen LogP contribution in [-0.4, -0.2) is 15.0 Å². The van der Waals surface area contributed by atoms with E-state index in [4.69, 9.17) is 12.9 Å². The van der Waals surface area contributed by atoms with Crippen LogP contribution in [0.15, 0.2) is 112 Å². The van der Waals surface area contributed by atoms with Crippen molar-refractivity contribution in [2.75, 3.05) is 0 Å². The van der Waals surface area contributed by atoms with Gasteiger partial charge in [-0.1, -0.05) is 149 Å². The maximum absolute atomic E-state index is 8.59. The third-order valence-electron chi connectivity index (χ3n) is 12.2. The minimum absolute atomic E-state index is 0. The topological polar surface area (TPSA) is 65.0 Å². The molecule has 0 aliphatic rings. The molecular weight excluding hydrogens is 963 g/mol. The fourth-order valence-corrected chi connectivity index (χ4v) is 8.50. The number of nitrogens with zero attached hydrogens (tertiary/aromatic N) is 3. The Morgan fingerprint density at radius 2 is 1.34 bits per heavy atom. The smallest absolute Gasteiger partial charge is 0.142 e. The number of hydrogen-bond acceptors (Lipinski definition) is 5. The SMILES string of the molecule is CC(C)(C)c1ccc(-c2[c-]cccc2)nc1.[2H]C([2H])([2H])c1c[c-]c(-c2cc(C(C)(C)C)ncn2)c2oc3c(Cc4c(C(C)C)cc(C(C)C)cc4C(C)C)c4oc5ccccc5c4cc3c12.[Ir]. The van der Waals surface area contributed by atoms with Crippen molar-refractivity contribution in [3.05, 3.63) is 160 Å². The number of furan rings is 2. The van der Waals surface area contributed by atoms with Gasteiger partial charge in [0.15, 0.2) is 0 Å². The summed E-state index contributed by atoms with van der Waals surface area (Å²) in [6, 6.07) is 36.9. The Morgan fingerprint density at radius 1 is 0.641 bits per heavy atom. The van der Waals surface area contributed by atoms with Crippen LogP contribution >= 0.6 is 0 Å². The van der Waals surface area contributed by atoms with Crippen LogP contribution in [0.3, 0.4) is 0 Å². The zero-order valence-electron chi connectivity index (χ0n) is 42.2. The van der Waals surface area contributed by atoms with Crippen molar-refractivity contribution < 1.29 is 33.1 Å². The first-order valence-corrected chi connectivity index (χ1v) is 22.3. The number of rotatable bonds is 7. The second kappa shape index (κ2) is 18.2. The molecule has 331 valence electrons. The molecular formula is C58H61IrN3O2-2. The molecule has 0 N–H and O–H groups in total. The number of hydrogen-bond donors (Lipinski definition) is 0. The predicted octanol–water partition coefficient (Wildman–Crippen LogP) is 16.2. The van der Waals surface area contributed by atoms with Crippen molar-refractivity contribution >= 4 is 43.9 Å². The van der Waals surface area contributed by atoms with Gasteiger partial charge in [-0.2, -0.15) is 0 Å². The fourth-order valence-electron chi connectivity index (χ4n) is 8.50. The standard InChI is InChI=1S/C43H45N2O2.C15H16N.Ir/c1-23(2)27-17-30(24(3)4)32(31(18-27)25(5)6)19-35-40-33(28-13-11-12-14-37(28)46-40)20-34-39-26(7)15-16-29(42(39)47-41(34)35)36-21-38(43(8,9)10)45-22-44-36;1-15(2,3)13-9-10-14(16-11-13)12-7-5-4-6-8-12;/h11-15,17-18,20-25H,19H2,1-10H3;4-7,9-11H,1-3H3;/q2*-1;/i7D3;;. The van der Waals surface area contributed by atoms with Crippen molar-refractivity contribution in [2.45, 2.75) is 125 Å². The molecule has 0 bridgehead atoms. The van der Waals surface area contributed by atoms with Crippen LogP contribution in [0.2, 0.25) is 0 Å². The van der Waals surface area contributed by atoms with Crippen molar-refractivity contribution in [2.24, 2.45) is 0 Å². The molecule has 0 amide bonds. The monoisotopic (exact) mass is 1030 g/mol. The van der Waals surface area contributed by atoms with Crippen molar-refractivity contribution in [1.29, 1.82) is 0 Å². The van der Waals surface area contributed by atoms with Crippen molar-refractivity contribution in [3.8, 4) is 22.5 Å². The molecule has 9 rings (SSSR count). The van der Waals surface area contributed by atoms with E-state index in [0.717, 1.165) is 49.8 Å². The molecule has 6 heteroatoms. The minimum Gasteiger partial charge on any atom is -0.500 e. The Hall–Kier alpha value is -5.42. The zero-order valence-corrected chi connectivity index (χ0v) is 41.6. The molecule has 0 unspecified atom stereocenters. The van der Waals surface area contributed by atoms with Gasteiger partial charge in [-0.25, -0.2) is 4.98 Å². The van der Waals surface area contributed by atoms with Gasteiger partial charge in [-0.15, -0.1) is 53.6 Å². The second-order valence-corrected chi connectivity index (χ2v) is 19.9. The van der Waals surface area contributed by atoms with E-state index in [1.807, 2.05) is 54.7 Å². The number of benzene rings is 5. The molecule has 1 radical (unpaired) electrons. The van der Waals surface area contributed by atoms with E-state index in [9.17, 15) is 0 Å². The summed E-state index contributed by atoms with van der Waals surface area (Å²) in [4.78, 5) is 13.7. The first-order valence-electron chi connectivity index (χ1n) is 23.8. The molecule has 5 aromatic carbocycles. The number of fused-ring (bicyclic) bond motifs is 6. The van der Waals surface area contributed by atoms with Crippen LogP contribution in [0.25, 0.3) is 66.4 Å². The maximum atomic E-state index is 8.59. The first-order chi connectivity index (χ1) is 31.1. The summed E-state index contributed by atoms with van der Waals surface area (Å²) >= 11 is 0. The number of pyridine rings is 1. The van der Waals surface area contributed by atoms with Gasteiger partial charge in [0.05, 0.1) is 5.58 Å². The van der Waals surface area contributed by atoms with E-state index in [2.05, 4.69) is 147 Å². The van der Waals surface area contributed by atoms with E-state index in [1.165, 1.54) is 27.8 Å². The maximum Gasteiger partial charge on any atom is 0.142 e. The summed E-state index contributed by atoms with van der Waals surface area (Å²) in [5.74, 6) is 0.981. The fraction of sp³-hybridized carbons (Fsp3) is 0.328. The molecule has 4 heterocycles. The summed E-state index contributed by atoms with van der Waals surface area (Å²) in [5.41, 5.74) is 14.3. The predicted molar refractivity (Wildman–Crippen MR) is 263 cm³/mol. The molecule has 0 fully saturated rings. The molecule has 4 aromatic heterocycles. The Labute approximate surface area is 397 Å². The molecule has 0 saturated carbocycles. The Bertz CT molecular complexity index is 3170. The van der Waals surface area contributed by atoms with Crippen molar-refractivity contribution in [1.82, 2.24) is 15.0 Å². The number of aryl methyl sites for hydroxylation is 1. The van der Waals surface area contributed by atoms with Crippen molar-refractivity contribution in [3.63, 3.8) is 0 Å². The summed E-state index contributed by atoms with van der Waals surface area (Å²) < 4.78 is 39.4. The normalized spacial score (nSPS) is 13.1. The molecule has 9 aromatic rings. The molecule has 5 nitrogen and oxygen atoms in total. The number of aromatic nitrogens is 3. The quantitative estimate of drug-likeness (QED) is 0.149. The van der Waals surface area contributed by atoms with E-state index < -0.39 is 6.85 Å². The average molecular weight is 1030 g/mol. The van der Waals surface area contributed by atoms with Crippen LogP contribution < -0.4 is 0 Å². The molecule has 0 atom stereocenters. The second-order valence-electron chi connectivity index (χ2n) is 19.9. The third-order valence-corrected chi connectivity index (χ3v) is 12.2. The van der Waals surface area contributed by atoms with Gasteiger partial charge >= 0.3 is 0 Å². The summed E-state index contributed by atoms with van der Waals surface area (Å²) in [6.45, 7) is 24.0. The summed E-state index contributed by atoms with van der Waals surface area (Å²) in [6.07, 6.45) is 4.08. The minimum atomic E-state index is -2.40. The van der Waals surface area contributed by atoms with E-state index in [-0.39, 0.29) is 36.5 Å². The van der Waals surface area contributed by atoms with Crippen LogP contribution in [0.4, 0.5) is 0 Å². The summed E-state index contributed by atoms with van der Waals surface area (Å²) in [5, 5.41) is 3.22. The van der Waals surface area contributed by atoms with Crippen LogP contribution in [0, 0.1) is 19.0 Å². The van der Waals surface area contributed by atoms with Crippen LogP contribution in [-0.2, 0) is 37.4 Å². The Balaban J connectivity index is 0.000000331. The van der Waals surface area contributed by atoms with Gasteiger partial charge < -0.3 is 13.8 Å². The largest absolute Gasteiger partial charge is 0.500 e. The van der Waals surface area contributed by atoms with Crippen LogP contribution in [0.5, 0.6) is 0 Å². The molecule has 0 saturated heterocycles. The molecule has 64 heavy (non-hydrogen) atoms. The van der Waals surface area contributed by atoms with Gasteiger partial charge in [-0.3, -0.25) is 4.98 Å². The Kier molecular flexibility index (Phi) is 12.1. The zero-order chi connectivity index (χ0) is 47.5.